The van der Waals surface area contributed by atoms with E-state index < -0.39 is 17.7 Å². The van der Waals surface area contributed by atoms with Gasteiger partial charge in [0.2, 0.25) is 0 Å². The van der Waals surface area contributed by atoms with E-state index in [9.17, 15) is 14.7 Å². The van der Waals surface area contributed by atoms with Gasteiger partial charge < -0.3 is 19.3 Å². The molecule has 1 aliphatic heterocycles. The monoisotopic (exact) mass is 501 g/mol. The summed E-state index contributed by atoms with van der Waals surface area (Å²) in [6, 6.07) is 18.8. The summed E-state index contributed by atoms with van der Waals surface area (Å²) in [5, 5.41) is 11.6. The SMILES string of the molecule is COc1cccc(N2C(=O)C(=O)/C(=C(/O)c3c(OC)cccc3OC)C2c2ccc(C(C)(C)C)cc2)c1. The first-order chi connectivity index (χ1) is 17.6. The van der Waals surface area contributed by atoms with Gasteiger partial charge in [-0.15, -0.1) is 0 Å². The molecule has 7 nitrogen and oxygen atoms in total. The molecule has 1 heterocycles. The van der Waals surface area contributed by atoms with E-state index in [4.69, 9.17) is 14.2 Å². The molecular formula is C30H31NO6. The van der Waals surface area contributed by atoms with Crippen molar-refractivity contribution in [3.8, 4) is 17.2 Å². The lowest BCUT2D eigenvalue weighted by molar-refractivity contribution is -0.132. The van der Waals surface area contributed by atoms with Crippen LogP contribution in [0.5, 0.6) is 17.2 Å². The average molecular weight is 502 g/mol. The Morgan fingerprint density at radius 3 is 1.97 bits per heavy atom. The molecular weight excluding hydrogens is 470 g/mol. The molecule has 1 atom stereocenters. The highest BCUT2D eigenvalue weighted by molar-refractivity contribution is 6.51. The van der Waals surface area contributed by atoms with Gasteiger partial charge in [0, 0.05) is 11.8 Å². The number of methoxy groups -OCH3 is 3. The van der Waals surface area contributed by atoms with E-state index in [1.165, 1.54) is 26.2 Å². The maximum atomic E-state index is 13.5. The fraction of sp³-hybridized carbons (Fsp3) is 0.267. The lowest BCUT2D eigenvalue weighted by atomic mass is 9.85. The first-order valence-corrected chi connectivity index (χ1v) is 11.9. The number of ketones is 1. The Labute approximate surface area is 216 Å². The predicted octanol–water partition coefficient (Wildman–Crippen LogP) is 5.64. The van der Waals surface area contributed by atoms with Crippen molar-refractivity contribution in [3.05, 3.63) is 89.0 Å². The zero-order valence-corrected chi connectivity index (χ0v) is 21.9. The lowest BCUT2D eigenvalue weighted by Gasteiger charge is -2.27. The van der Waals surface area contributed by atoms with Gasteiger partial charge in [0.1, 0.15) is 28.6 Å². The van der Waals surface area contributed by atoms with E-state index >= 15 is 0 Å². The number of benzene rings is 3. The number of ether oxygens (including phenoxy) is 3. The van der Waals surface area contributed by atoms with E-state index in [0.29, 0.717) is 28.5 Å². The summed E-state index contributed by atoms with van der Waals surface area (Å²) in [5.41, 5.74) is 2.30. The molecule has 192 valence electrons. The van der Waals surface area contributed by atoms with Gasteiger partial charge in [-0.2, -0.15) is 0 Å². The number of aliphatic hydroxyl groups excluding tert-OH is 1. The molecule has 1 N–H and O–H groups in total. The van der Waals surface area contributed by atoms with Crippen molar-refractivity contribution in [2.24, 2.45) is 0 Å². The van der Waals surface area contributed by atoms with Gasteiger partial charge >= 0.3 is 0 Å². The van der Waals surface area contributed by atoms with Crippen molar-refractivity contribution < 1.29 is 28.9 Å². The molecule has 0 spiro atoms. The van der Waals surface area contributed by atoms with Crippen LogP contribution in [0, 0.1) is 0 Å². The van der Waals surface area contributed by atoms with E-state index in [0.717, 1.165) is 5.56 Å². The molecule has 0 bridgehead atoms. The highest BCUT2D eigenvalue weighted by Crippen LogP contribution is 2.45. The van der Waals surface area contributed by atoms with Crippen LogP contribution in [0.25, 0.3) is 5.76 Å². The fourth-order valence-electron chi connectivity index (χ4n) is 4.56. The highest BCUT2D eigenvalue weighted by atomic mass is 16.5. The second-order valence-corrected chi connectivity index (χ2v) is 9.78. The van der Waals surface area contributed by atoms with Crippen molar-refractivity contribution in [1.82, 2.24) is 0 Å². The molecule has 37 heavy (non-hydrogen) atoms. The molecule has 3 aromatic rings. The molecule has 0 radical (unpaired) electrons. The number of amides is 1. The van der Waals surface area contributed by atoms with Crippen molar-refractivity contribution >= 4 is 23.1 Å². The van der Waals surface area contributed by atoms with E-state index in [-0.39, 0.29) is 22.3 Å². The highest BCUT2D eigenvalue weighted by Gasteiger charge is 2.47. The molecule has 1 amide bonds. The number of nitrogens with zero attached hydrogens (tertiary/aromatic N) is 1. The molecule has 1 unspecified atom stereocenters. The Morgan fingerprint density at radius 1 is 0.838 bits per heavy atom. The van der Waals surface area contributed by atoms with Gasteiger partial charge in [-0.1, -0.05) is 57.2 Å². The summed E-state index contributed by atoms with van der Waals surface area (Å²) >= 11 is 0. The lowest BCUT2D eigenvalue weighted by Crippen LogP contribution is -2.29. The van der Waals surface area contributed by atoms with Crippen LogP contribution in [0.15, 0.2) is 72.3 Å². The Balaban J connectivity index is 2.00. The zero-order chi connectivity index (χ0) is 26.9. The van der Waals surface area contributed by atoms with Crippen LogP contribution in [-0.4, -0.2) is 38.1 Å². The summed E-state index contributed by atoms with van der Waals surface area (Å²) in [6.07, 6.45) is 0. The number of hydrogen-bond acceptors (Lipinski definition) is 6. The second-order valence-electron chi connectivity index (χ2n) is 9.78. The average Bonchev–Trinajstić information content (AvgIpc) is 3.17. The van der Waals surface area contributed by atoms with E-state index in [1.54, 1.807) is 42.5 Å². The number of rotatable bonds is 6. The quantitative estimate of drug-likeness (QED) is 0.267. The minimum atomic E-state index is -0.893. The third kappa shape index (κ3) is 4.65. The molecule has 0 aromatic heterocycles. The smallest absolute Gasteiger partial charge is 0.300 e. The van der Waals surface area contributed by atoms with Gasteiger partial charge in [-0.25, -0.2) is 0 Å². The second kappa shape index (κ2) is 10.0. The fourth-order valence-corrected chi connectivity index (χ4v) is 4.56. The van der Waals surface area contributed by atoms with Crippen molar-refractivity contribution in [3.63, 3.8) is 0 Å². The van der Waals surface area contributed by atoms with Gasteiger partial charge in [-0.3, -0.25) is 14.5 Å². The van der Waals surface area contributed by atoms with Crippen molar-refractivity contribution in [1.29, 1.82) is 0 Å². The van der Waals surface area contributed by atoms with Crippen LogP contribution in [0.2, 0.25) is 0 Å². The number of anilines is 1. The van der Waals surface area contributed by atoms with Crippen molar-refractivity contribution in [2.45, 2.75) is 32.2 Å². The predicted molar refractivity (Wildman–Crippen MR) is 142 cm³/mol. The Morgan fingerprint density at radius 2 is 1.43 bits per heavy atom. The number of Topliss-reactive ketones (excluding diaryl/α,β-unsaturated/α-hetero) is 1. The van der Waals surface area contributed by atoms with Crippen LogP contribution < -0.4 is 19.1 Å². The third-order valence-electron chi connectivity index (χ3n) is 6.53. The van der Waals surface area contributed by atoms with Gasteiger partial charge in [-0.05, 0) is 40.8 Å². The van der Waals surface area contributed by atoms with Crippen LogP contribution in [0.3, 0.4) is 0 Å². The molecule has 1 saturated heterocycles. The minimum Gasteiger partial charge on any atom is -0.506 e. The molecule has 4 rings (SSSR count). The standard InChI is InChI=1S/C30H31NO6/c1-30(2,3)19-15-13-18(14-16-19)26-25(27(32)24-22(36-5)11-8-12-23(24)37-6)28(33)29(34)31(26)20-9-7-10-21(17-20)35-4/h7-17,26,32H,1-6H3/b27-25+. The van der Waals surface area contributed by atoms with E-state index in [1.807, 2.05) is 24.3 Å². The summed E-state index contributed by atoms with van der Waals surface area (Å²) in [6.45, 7) is 6.33. The first-order valence-electron chi connectivity index (χ1n) is 11.9. The van der Waals surface area contributed by atoms with E-state index in [2.05, 4.69) is 20.8 Å². The summed E-state index contributed by atoms with van der Waals surface area (Å²) in [5.74, 6) is -0.778. The largest absolute Gasteiger partial charge is 0.506 e. The normalized spacial score (nSPS) is 17.1. The summed E-state index contributed by atoms with van der Waals surface area (Å²) in [7, 11) is 4.45. The molecule has 1 aliphatic rings. The van der Waals surface area contributed by atoms with Crippen LogP contribution in [0.4, 0.5) is 5.69 Å². The van der Waals surface area contributed by atoms with Crippen LogP contribution in [0.1, 0.15) is 43.5 Å². The third-order valence-corrected chi connectivity index (χ3v) is 6.53. The maximum absolute atomic E-state index is 13.5. The summed E-state index contributed by atoms with van der Waals surface area (Å²) in [4.78, 5) is 28.4. The van der Waals surface area contributed by atoms with Crippen LogP contribution in [-0.2, 0) is 15.0 Å². The Kier molecular flexibility index (Phi) is 6.99. The number of aliphatic hydroxyl groups is 1. The number of carbonyl (C=O) groups is 2. The first kappa shape index (κ1) is 25.8. The van der Waals surface area contributed by atoms with Crippen LogP contribution >= 0.6 is 0 Å². The van der Waals surface area contributed by atoms with Gasteiger partial charge in [0.25, 0.3) is 11.7 Å². The number of hydrogen-bond donors (Lipinski definition) is 1. The molecule has 0 aliphatic carbocycles. The molecule has 3 aromatic carbocycles. The Hall–Kier alpha value is -4.26. The maximum Gasteiger partial charge on any atom is 0.300 e. The molecule has 1 fully saturated rings. The summed E-state index contributed by atoms with van der Waals surface area (Å²) < 4.78 is 16.3. The number of carbonyl (C=O) groups excluding carboxylic acids is 2. The molecule has 0 saturated carbocycles. The topological polar surface area (TPSA) is 85.3 Å². The zero-order valence-electron chi connectivity index (χ0n) is 21.9. The minimum absolute atomic E-state index is 0.0564. The van der Waals surface area contributed by atoms with Gasteiger partial charge in [0.15, 0.2) is 0 Å². The molecule has 7 heteroatoms. The van der Waals surface area contributed by atoms with Gasteiger partial charge in [0.05, 0.1) is 32.9 Å². The Bertz CT molecular complexity index is 1350. The van der Waals surface area contributed by atoms with Crippen molar-refractivity contribution in [2.75, 3.05) is 26.2 Å².